The third kappa shape index (κ3) is 3.33. The van der Waals surface area contributed by atoms with Gasteiger partial charge in [0, 0.05) is 59.6 Å². The van der Waals surface area contributed by atoms with E-state index >= 15 is 0 Å². The van der Waals surface area contributed by atoms with Gasteiger partial charge in [0.2, 0.25) is 0 Å². The van der Waals surface area contributed by atoms with Gasteiger partial charge in [-0.3, -0.25) is 0 Å². The summed E-state index contributed by atoms with van der Waals surface area (Å²) in [5.41, 5.74) is 1.62. The average molecular weight is 389 g/mol. The van der Waals surface area contributed by atoms with Crippen molar-refractivity contribution in [2.45, 2.75) is 31.5 Å². The zero-order chi connectivity index (χ0) is 18.5. The lowest BCUT2D eigenvalue weighted by Crippen LogP contribution is -2.29. The van der Waals surface area contributed by atoms with Gasteiger partial charge in [-0.15, -0.1) is 0 Å². The van der Waals surface area contributed by atoms with Crippen LogP contribution in [0.4, 0.5) is 8.78 Å². The molecule has 5 rings (SSSR count). The molecule has 1 aliphatic heterocycles. The number of aliphatic hydroxyl groups excluding tert-OH is 1. The highest BCUT2D eigenvalue weighted by atomic mass is 32.2. The Bertz CT molecular complexity index is 944. The van der Waals surface area contributed by atoms with E-state index in [9.17, 15) is 13.9 Å². The molecule has 1 N–H and O–H groups in total. The fourth-order valence-electron chi connectivity index (χ4n) is 3.93. The smallest absolute Gasteiger partial charge is 0.123 e. The van der Waals surface area contributed by atoms with Crippen LogP contribution in [0.1, 0.15) is 12.8 Å². The number of β-amino-alcohol motifs (C(OH)–C–C–N with tert-alkyl or cyclic N) is 1. The summed E-state index contributed by atoms with van der Waals surface area (Å²) < 4.78 is 34.1. The quantitative estimate of drug-likeness (QED) is 0.673. The van der Waals surface area contributed by atoms with E-state index in [-0.39, 0.29) is 11.6 Å². The molecule has 0 spiro atoms. The maximum absolute atomic E-state index is 13.7. The van der Waals surface area contributed by atoms with Crippen LogP contribution in [0.5, 0.6) is 0 Å². The maximum atomic E-state index is 13.7. The number of hydrogen-bond donors (Lipinski definition) is 1. The van der Waals surface area contributed by atoms with Gasteiger partial charge in [-0.05, 0) is 49.2 Å². The molecule has 2 heterocycles. The third-order valence-corrected chi connectivity index (χ3v) is 6.59. The van der Waals surface area contributed by atoms with Gasteiger partial charge in [-0.25, -0.2) is 17.4 Å². The molecule has 2 aromatic carbocycles. The molecule has 1 unspecified atom stereocenters. The fourth-order valence-corrected chi connectivity index (χ4v) is 5.13. The van der Waals surface area contributed by atoms with Crippen molar-refractivity contribution in [1.29, 1.82) is 0 Å². The van der Waals surface area contributed by atoms with Crippen LogP contribution in [0.15, 0.2) is 36.4 Å². The molecule has 27 heavy (non-hydrogen) atoms. The second-order valence-corrected chi connectivity index (χ2v) is 8.58. The van der Waals surface area contributed by atoms with Gasteiger partial charge in [0.25, 0.3) is 0 Å². The first-order valence-electron chi connectivity index (χ1n) is 9.33. The van der Waals surface area contributed by atoms with Gasteiger partial charge in [0.15, 0.2) is 0 Å². The van der Waals surface area contributed by atoms with Crippen molar-refractivity contribution in [2.75, 3.05) is 19.6 Å². The number of halogens is 2. The lowest BCUT2D eigenvalue weighted by Gasteiger charge is -2.20. The molecule has 3 aromatic rings. The molecule has 0 bridgehead atoms. The highest BCUT2D eigenvalue weighted by Crippen LogP contribution is 2.37. The van der Waals surface area contributed by atoms with Gasteiger partial charge in [0.05, 0.1) is 12.6 Å². The summed E-state index contributed by atoms with van der Waals surface area (Å²) in [5, 5.41) is 12.1. The largest absolute Gasteiger partial charge is 0.390 e. The van der Waals surface area contributed by atoms with Gasteiger partial charge >= 0.3 is 0 Å². The Labute approximate surface area is 160 Å². The van der Waals surface area contributed by atoms with Crippen molar-refractivity contribution in [1.82, 2.24) is 13.2 Å². The molecule has 1 atom stereocenters. The van der Waals surface area contributed by atoms with Crippen LogP contribution in [0.3, 0.4) is 0 Å². The number of aromatic nitrogens is 1. The van der Waals surface area contributed by atoms with Crippen molar-refractivity contribution in [3.05, 3.63) is 48.0 Å². The number of nitrogens with zero attached hydrogens (tertiary/aromatic N) is 3. The van der Waals surface area contributed by atoms with E-state index in [2.05, 4.69) is 8.61 Å². The minimum atomic E-state index is -0.564. The highest BCUT2D eigenvalue weighted by molar-refractivity contribution is 7.94. The van der Waals surface area contributed by atoms with E-state index in [1.807, 2.05) is 4.57 Å². The molecule has 1 saturated carbocycles. The third-order valence-electron chi connectivity index (χ3n) is 5.34. The molecular weight excluding hydrogens is 368 g/mol. The Morgan fingerprint density at radius 1 is 0.963 bits per heavy atom. The molecule has 7 heteroatoms. The molecular formula is C20H21F2N3OS. The number of fused-ring (bicyclic) bond motifs is 3. The summed E-state index contributed by atoms with van der Waals surface area (Å²) in [6, 6.07) is 9.80. The molecule has 1 saturated heterocycles. The van der Waals surface area contributed by atoms with Crippen LogP contribution in [-0.4, -0.2) is 50.1 Å². The fraction of sp³-hybridized carbons (Fsp3) is 0.400. The first-order chi connectivity index (χ1) is 13.1. The van der Waals surface area contributed by atoms with Crippen molar-refractivity contribution < 1.29 is 13.9 Å². The van der Waals surface area contributed by atoms with Gasteiger partial charge in [-0.2, -0.15) is 0 Å². The van der Waals surface area contributed by atoms with Crippen LogP contribution in [0.2, 0.25) is 0 Å². The summed E-state index contributed by atoms with van der Waals surface area (Å²) in [7, 11) is 0. The van der Waals surface area contributed by atoms with Crippen molar-refractivity contribution in [3.8, 4) is 0 Å². The van der Waals surface area contributed by atoms with E-state index in [0.717, 1.165) is 24.1 Å². The van der Waals surface area contributed by atoms with Crippen molar-refractivity contribution in [2.24, 2.45) is 0 Å². The normalized spacial score (nSPS) is 20.1. The van der Waals surface area contributed by atoms with E-state index in [4.69, 9.17) is 0 Å². The second kappa shape index (κ2) is 6.74. The van der Waals surface area contributed by atoms with Gasteiger partial charge < -0.3 is 9.67 Å². The van der Waals surface area contributed by atoms with Crippen LogP contribution < -0.4 is 0 Å². The summed E-state index contributed by atoms with van der Waals surface area (Å²) in [6.07, 6.45) is 1.99. The van der Waals surface area contributed by atoms with E-state index in [1.54, 1.807) is 24.3 Å². The maximum Gasteiger partial charge on any atom is 0.123 e. The van der Waals surface area contributed by atoms with Crippen molar-refractivity contribution >= 4 is 33.9 Å². The Kier molecular flexibility index (Phi) is 4.35. The Morgan fingerprint density at radius 3 is 2.19 bits per heavy atom. The molecule has 2 aliphatic rings. The van der Waals surface area contributed by atoms with E-state index in [1.165, 1.54) is 37.1 Å². The first kappa shape index (κ1) is 17.4. The molecule has 0 amide bonds. The Morgan fingerprint density at radius 2 is 1.59 bits per heavy atom. The highest BCUT2D eigenvalue weighted by Gasteiger charge is 2.35. The number of rotatable bonds is 5. The first-order valence-corrected chi connectivity index (χ1v) is 10.1. The topological polar surface area (TPSA) is 31.6 Å². The predicted octanol–water partition coefficient (Wildman–Crippen LogP) is 3.78. The number of hydrogen-bond acceptors (Lipinski definition) is 4. The monoisotopic (exact) mass is 389 g/mol. The SMILES string of the molecule is OC(CN1CCN(C2CC2)S1)Cn1c2ccc(F)cc2c2cc(F)ccc21. The Balaban J connectivity index is 1.41. The molecule has 1 aliphatic carbocycles. The zero-order valence-corrected chi connectivity index (χ0v) is 15.6. The summed E-state index contributed by atoms with van der Waals surface area (Å²) in [5.74, 6) is -0.694. The molecule has 2 fully saturated rings. The minimum absolute atomic E-state index is 0.347. The van der Waals surface area contributed by atoms with Gasteiger partial charge in [0.1, 0.15) is 11.6 Å². The average Bonchev–Trinajstić information content (AvgIpc) is 3.33. The van der Waals surface area contributed by atoms with Crippen molar-refractivity contribution in [3.63, 3.8) is 0 Å². The molecule has 142 valence electrons. The number of aliphatic hydroxyl groups is 1. The van der Waals surface area contributed by atoms with E-state index < -0.39 is 6.10 Å². The van der Waals surface area contributed by atoms with Crippen LogP contribution in [0.25, 0.3) is 21.8 Å². The summed E-state index contributed by atoms with van der Waals surface area (Å²) in [6.45, 7) is 2.94. The second-order valence-electron chi connectivity index (χ2n) is 7.43. The summed E-state index contributed by atoms with van der Waals surface area (Å²) >= 11 is 1.73. The molecule has 4 nitrogen and oxygen atoms in total. The van der Waals surface area contributed by atoms with Crippen LogP contribution >= 0.6 is 12.1 Å². The Hall–Kier alpha value is -1.67. The van der Waals surface area contributed by atoms with Crippen LogP contribution in [0, 0.1) is 11.6 Å². The van der Waals surface area contributed by atoms with Crippen LogP contribution in [-0.2, 0) is 6.54 Å². The standard InChI is InChI=1S/C20H21F2N3OS/c21-13-1-5-19-17(9-13)18-10-14(22)2-6-20(18)24(19)12-16(26)11-23-7-8-25(27-23)15-3-4-15/h1-2,5-6,9-10,15-16,26H,3-4,7-8,11-12H2. The zero-order valence-electron chi connectivity index (χ0n) is 14.8. The predicted molar refractivity (Wildman–Crippen MR) is 104 cm³/mol. The molecule has 0 radical (unpaired) electrons. The molecule has 1 aromatic heterocycles. The van der Waals surface area contributed by atoms with E-state index in [0.29, 0.717) is 29.9 Å². The summed E-state index contributed by atoms with van der Waals surface area (Å²) in [4.78, 5) is 0. The van der Waals surface area contributed by atoms with Gasteiger partial charge in [-0.1, -0.05) is 0 Å². The number of benzene rings is 2. The lowest BCUT2D eigenvalue weighted by atomic mass is 10.1. The lowest BCUT2D eigenvalue weighted by molar-refractivity contribution is 0.136. The minimum Gasteiger partial charge on any atom is -0.390 e.